The average Bonchev–Trinajstić information content (AvgIpc) is 2.88. The molecule has 4 rings (SSSR count). The topological polar surface area (TPSA) is 106 Å². The smallest absolute Gasteiger partial charge is 0.231 e. The highest BCUT2D eigenvalue weighted by Crippen LogP contribution is 2.28. The number of benzene rings is 3. The number of halogens is 2. The maximum absolute atomic E-state index is 13.4. The number of amides is 1. The van der Waals surface area contributed by atoms with Crippen LogP contribution in [0.4, 0.5) is 5.95 Å². The molecule has 1 N–H and O–H groups in total. The van der Waals surface area contributed by atoms with Gasteiger partial charge in [0.2, 0.25) is 17.6 Å². The number of rotatable bonds is 8. The van der Waals surface area contributed by atoms with Crippen molar-refractivity contribution in [2.45, 2.75) is 18.2 Å². The number of ketones is 1. The predicted octanol–water partition coefficient (Wildman–Crippen LogP) is 5.66. The van der Waals surface area contributed by atoms with Gasteiger partial charge in [0, 0.05) is 27.4 Å². The van der Waals surface area contributed by atoms with Gasteiger partial charge in [-0.1, -0.05) is 66.5 Å². The van der Waals surface area contributed by atoms with Crippen molar-refractivity contribution < 1.29 is 18.0 Å². The van der Waals surface area contributed by atoms with Crippen LogP contribution in [0.1, 0.15) is 28.5 Å². The number of nitrogens with one attached hydrogen (secondary N) is 1. The summed E-state index contributed by atoms with van der Waals surface area (Å²) in [6, 6.07) is 19.5. The highest BCUT2D eigenvalue weighted by molar-refractivity contribution is 7.91. The molecule has 0 saturated heterocycles. The highest BCUT2D eigenvalue weighted by Gasteiger charge is 2.20. The minimum atomic E-state index is -3.33. The Morgan fingerprint density at radius 2 is 1.59 bits per heavy atom. The molecule has 10 heteroatoms. The zero-order valence-corrected chi connectivity index (χ0v) is 21.9. The number of aromatic nitrogens is 2. The van der Waals surface area contributed by atoms with Gasteiger partial charge in [0.25, 0.3) is 0 Å². The summed E-state index contributed by atoms with van der Waals surface area (Å²) in [5.41, 5.74) is 2.09. The van der Waals surface area contributed by atoms with E-state index in [1.807, 2.05) is 0 Å². The molecule has 0 aliphatic heterocycles. The molecule has 1 amide bonds. The Hall–Kier alpha value is -3.59. The maximum atomic E-state index is 13.4. The Balaban J connectivity index is 1.62. The summed E-state index contributed by atoms with van der Waals surface area (Å²) in [4.78, 5) is 34.9. The zero-order chi connectivity index (χ0) is 26.6. The largest absolute Gasteiger partial charge is 0.294 e. The van der Waals surface area contributed by atoms with E-state index in [0.29, 0.717) is 32.3 Å². The van der Waals surface area contributed by atoms with Crippen LogP contribution in [0.2, 0.25) is 10.0 Å². The Labute approximate surface area is 224 Å². The molecule has 0 radical (unpaired) electrons. The molecule has 4 aromatic rings. The van der Waals surface area contributed by atoms with E-state index in [4.69, 9.17) is 23.2 Å². The molecule has 0 unspecified atom stereocenters. The van der Waals surface area contributed by atoms with Crippen molar-refractivity contribution in [3.63, 3.8) is 0 Å². The molecule has 1 heterocycles. The van der Waals surface area contributed by atoms with Crippen molar-refractivity contribution in [3.8, 4) is 11.1 Å². The van der Waals surface area contributed by atoms with Gasteiger partial charge in [0.05, 0.1) is 17.1 Å². The average molecular weight is 554 g/mol. The number of nitrogens with zero attached hydrogens (tertiary/aromatic N) is 2. The summed E-state index contributed by atoms with van der Waals surface area (Å²) in [5, 5.41) is 3.49. The minimum Gasteiger partial charge on any atom is -0.294 e. The number of hydrogen-bond donors (Lipinski definition) is 1. The Morgan fingerprint density at radius 3 is 2.24 bits per heavy atom. The molecular formula is C27H21Cl2N3O4S. The first kappa shape index (κ1) is 26.5. The second-order valence-electron chi connectivity index (χ2n) is 8.08. The third-order valence-corrected chi connectivity index (χ3v) is 7.73. The fourth-order valence-corrected chi connectivity index (χ4v) is 4.85. The summed E-state index contributed by atoms with van der Waals surface area (Å²) < 4.78 is 24.0. The minimum absolute atomic E-state index is 0.00834. The van der Waals surface area contributed by atoms with E-state index in [1.54, 1.807) is 61.5 Å². The predicted molar refractivity (Wildman–Crippen MR) is 144 cm³/mol. The molecule has 0 bridgehead atoms. The van der Waals surface area contributed by atoms with Gasteiger partial charge in [-0.25, -0.2) is 18.4 Å². The summed E-state index contributed by atoms with van der Waals surface area (Å²) in [6.07, 6.45) is 1.42. The van der Waals surface area contributed by atoms with Gasteiger partial charge in [-0.15, -0.1) is 0 Å². The number of hydrogen-bond acceptors (Lipinski definition) is 6. The molecule has 3 aromatic carbocycles. The Morgan fingerprint density at radius 1 is 0.919 bits per heavy atom. The number of anilines is 1. The van der Waals surface area contributed by atoms with Crippen LogP contribution in [0.3, 0.4) is 0 Å². The zero-order valence-electron chi connectivity index (χ0n) is 19.6. The summed E-state index contributed by atoms with van der Waals surface area (Å²) in [7, 11) is -3.33. The molecule has 1 aromatic heterocycles. The fourth-order valence-electron chi connectivity index (χ4n) is 3.58. The van der Waals surface area contributed by atoms with Crippen molar-refractivity contribution in [1.29, 1.82) is 0 Å². The third-order valence-electron chi connectivity index (χ3n) is 5.50. The van der Waals surface area contributed by atoms with Crippen LogP contribution in [0.15, 0.2) is 83.9 Å². The molecule has 37 heavy (non-hydrogen) atoms. The van der Waals surface area contributed by atoms with Gasteiger partial charge in [0.15, 0.2) is 9.84 Å². The van der Waals surface area contributed by atoms with E-state index in [2.05, 4.69) is 15.3 Å². The second kappa shape index (κ2) is 11.2. The first-order chi connectivity index (χ1) is 17.7. The first-order valence-electron chi connectivity index (χ1n) is 11.2. The number of carbonyl (C=O) groups excluding carboxylic acids is 2. The summed E-state index contributed by atoms with van der Waals surface area (Å²) in [6.45, 7) is 1.57. The van der Waals surface area contributed by atoms with Crippen molar-refractivity contribution >= 4 is 50.7 Å². The van der Waals surface area contributed by atoms with Crippen LogP contribution in [0, 0.1) is 0 Å². The summed E-state index contributed by atoms with van der Waals surface area (Å²) in [5.74, 6) is -0.886. The third kappa shape index (κ3) is 6.40. The van der Waals surface area contributed by atoms with Gasteiger partial charge in [-0.2, -0.15) is 0 Å². The monoisotopic (exact) mass is 553 g/mol. The lowest BCUT2D eigenvalue weighted by Crippen LogP contribution is -2.18. The highest BCUT2D eigenvalue weighted by atomic mass is 35.5. The molecule has 188 valence electrons. The lowest BCUT2D eigenvalue weighted by molar-refractivity contribution is -0.115. The number of carbonyl (C=O) groups is 2. The van der Waals surface area contributed by atoms with Crippen molar-refractivity contribution in [2.75, 3.05) is 11.1 Å². The standard InChI is InChI=1S/C27H21Cl2N3O4S/c1-2-37(35,36)22-11-9-17(10-12-22)13-24(33)31-27-30-16-23(18-5-3-7-20(28)14-18)25(32-27)26(34)19-6-4-8-21(29)15-19/h3-12,14-16H,2,13H2,1H3,(H,30,31,32,33). The lowest BCUT2D eigenvalue weighted by Gasteiger charge is -2.11. The van der Waals surface area contributed by atoms with E-state index in [0.717, 1.165) is 0 Å². The first-order valence-corrected chi connectivity index (χ1v) is 13.6. The van der Waals surface area contributed by atoms with Crippen LogP contribution in [0.5, 0.6) is 0 Å². The van der Waals surface area contributed by atoms with Crippen molar-refractivity contribution in [2.24, 2.45) is 0 Å². The van der Waals surface area contributed by atoms with E-state index in [1.165, 1.54) is 24.4 Å². The Bertz CT molecular complexity index is 1590. The van der Waals surface area contributed by atoms with Crippen molar-refractivity contribution in [3.05, 3.63) is 106 Å². The van der Waals surface area contributed by atoms with Gasteiger partial charge in [-0.05, 0) is 47.5 Å². The molecule has 0 atom stereocenters. The normalized spacial score (nSPS) is 11.2. The number of sulfone groups is 1. The molecule has 0 fully saturated rings. The van der Waals surface area contributed by atoms with Crippen LogP contribution in [-0.4, -0.2) is 35.8 Å². The van der Waals surface area contributed by atoms with Crippen LogP contribution in [0.25, 0.3) is 11.1 Å². The van der Waals surface area contributed by atoms with Crippen LogP contribution < -0.4 is 5.32 Å². The molecule has 0 spiro atoms. The lowest BCUT2D eigenvalue weighted by atomic mass is 10.00. The summed E-state index contributed by atoms with van der Waals surface area (Å²) >= 11 is 12.2. The fraction of sp³-hybridized carbons (Fsp3) is 0.111. The van der Waals surface area contributed by atoms with Gasteiger partial charge in [0.1, 0.15) is 5.69 Å². The van der Waals surface area contributed by atoms with E-state index in [9.17, 15) is 18.0 Å². The van der Waals surface area contributed by atoms with Gasteiger partial charge < -0.3 is 0 Å². The quantitative estimate of drug-likeness (QED) is 0.282. The van der Waals surface area contributed by atoms with E-state index >= 15 is 0 Å². The molecule has 0 aliphatic rings. The maximum Gasteiger partial charge on any atom is 0.231 e. The molecule has 0 aliphatic carbocycles. The molecule has 7 nitrogen and oxygen atoms in total. The van der Waals surface area contributed by atoms with E-state index in [-0.39, 0.29) is 28.7 Å². The van der Waals surface area contributed by atoms with Crippen molar-refractivity contribution in [1.82, 2.24) is 9.97 Å². The van der Waals surface area contributed by atoms with Gasteiger partial charge >= 0.3 is 0 Å². The van der Waals surface area contributed by atoms with Crippen LogP contribution in [-0.2, 0) is 21.1 Å². The van der Waals surface area contributed by atoms with Gasteiger partial charge in [-0.3, -0.25) is 14.9 Å². The van der Waals surface area contributed by atoms with E-state index < -0.39 is 21.5 Å². The SMILES string of the molecule is CCS(=O)(=O)c1ccc(CC(=O)Nc2ncc(-c3cccc(Cl)c3)c(C(=O)c3cccc(Cl)c3)n2)cc1. The molecule has 0 saturated carbocycles. The second-order valence-corrected chi connectivity index (χ2v) is 11.2. The Kier molecular flexibility index (Phi) is 8.02. The molecular weight excluding hydrogens is 533 g/mol. The van der Waals surface area contributed by atoms with Crippen LogP contribution >= 0.6 is 23.2 Å².